The topological polar surface area (TPSA) is 135 Å². The molecule has 2 unspecified atom stereocenters. The van der Waals surface area contributed by atoms with Crippen LogP contribution in [0.25, 0.3) is 0 Å². The summed E-state index contributed by atoms with van der Waals surface area (Å²) in [6.07, 6.45) is 2.68. The third-order valence-corrected chi connectivity index (χ3v) is 8.74. The standard InChI is InChI=1S/C27H27ClN4O6S/c1-16-13-24(17(2)12-19(16)28)39(36,37)32-22-7-5-4-6-20(22)31-26(34)23(32)15-25(33)30-21(27(35)38-3)14-18-8-10-29-11-9-18/h4-13,21,23H,14-15H2,1-3H3,(H,30,33)(H,31,34). The number of carbonyl (C=O) groups is 3. The Morgan fingerprint density at radius 2 is 1.82 bits per heavy atom. The summed E-state index contributed by atoms with van der Waals surface area (Å²) >= 11 is 6.20. The highest BCUT2D eigenvalue weighted by atomic mass is 35.5. The highest BCUT2D eigenvalue weighted by Crippen LogP contribution is 2.38. The van der Waals surface area contributed by atoms with Gasteiger partial charge in [-0.2, -0.15) is 0 Å². The maximum Gasteiger partial charge on any atom is 0.328 e. The molecule has 1 aliphatic heterocycles. The number of rotatable bonds is 8. The molecule has 1 aromatic heterocycles. The summed E-state index contributed by atoms with van der Waals surface area (Å²) in [6.45, 7) is 3.29. The number of para-hydroxylation sites is 2. The molecule has 0 aliphatic carbocycles. The third-order valence-electron chi connectivity index (χ3n) is 6.37. The van der Waals surface area contributed by atoms with Gasteiger partial charge in [0.25, 0.3) is 10.0 Å². The van der Waals surface area contributed by atoms with Crippen LogP contribution < -0.4 is 14.9 Å². The minimum Gasteiger partial charge on any atom is -0.467 e. The quantitative estimate of drug-likeness (QED) is 0.397. The van der Waals surface area contributed by atoms with E-state index in [-0.39, 0.29) is 22.7 Å². The number of carbonyl (C=O) groups excluding carboxylic acids is 3. The number of nitrogens with zero attached hydrogens (tertiary/aromatic N) is 2. The zero-order chi connectivity index (χ0) is 28.3. The van der Waals surface area contributed by atoms with Gasteiger partial charge in [-0.15, -0.1) is 0 Å². The summed E-state index contributed by atoms with van der Waals surface area (Å²) in [6, 6.07) is 10.3. The second-order valence-corrected chi connectivity index (χ2v) is 11.3. The first-order chi connectivity index (χ1) is 18.5. The predicted octanol–water partition coefficient (Wildman–Crippen LogP) is 3.16. The number of amides is 2. The van der Waals surface area contributed by atoms with Gasteiger partial charge in [0.1, 0.15) is 12.1 Å². The molecule has 4 rings (SSSR count). The fourth-order valence-electron chi connectivity index (χ4n) is 4.39. The van der Waals surface area contributed by atoms with Crippen molar-refractivity contribution < 1.29 is 27.5 Å². The molecule has 2 heterocycles. The van der Waals surface area contributed by atoms with Crippen LogP contribution >= 0.6 is 11.6 Å². The van der Waals surface area contributed by atoms with Crippen molar-refractivity contribution in [2.45, 2.75) is 43.7 Å². The second kappa shape index (κ2) is 11.4. The van der Waals surface area contributed by atoms with Gasteiger partial charge in [-0.05, 0) is 66.9 Å². The Kier molecular flexibility index (Phi) is 8.22. The van der Waals surface area contributed by atoms with Crippen LogP contribution in [0.5, 0.6) is 0 Å². The van der Waals surface area contributed by atoms with Gasteiger partial charge in [0.05, 0.1) is 29.8 Å². The van der Waals surface area contributed by atoms with Gasteiger partial charge in [0.2, 0.25) is 11.8 Å². The van der Waals surface area contributed by atoms with Crippen molar-refractivity contribution in [3.63, 3.8) is 0 Å². The van der Waals surface area contributed by atoms with Crippen molar-refractivity contribution in [1.82, 2.24) is 10.3 Å². The first kappa shape index (κ1) is 28.1. The number of aromatic nitrogens is 1. The SMILES string of the molecule is COC(=O)C(Cc1ccncc1)NC(=O)CC1C(=O)Nc2ccccc2N1S(=O)(=O)c1cc(C)c(Cl)cc1C. The summed E-state index contributed by atoms with van der Waals surface area (Å²) in [5, 5.41) is 5.69. The molecule has 39 heavy (non-hydrogen) atoms. The molecule has 0 saturated carbocycles. The van der Waals surface area contributed by atoms with Crippen LogP contribution in [0, 0.1) is 13.8 Å². The molecule has 1 aliphatic rings. The first-order valence-corrected chi connectivity index (χ1v) is 13.8. The van der Waals surface area contributed by atoms with Crippen LogP contribution in [0.3, 0.4) is 0 Å². The van der Waals surface area contributed by atoms with Gasteiger partial charge in [-0.1, -0.05) is 23.7 Å². The van der Waals surface area contributed by atoms with E-state index in [1.54, 1.807) is 68.7 Å². The Bertz CT molecular complexity index is 1530. The van der Waals surface area contributed by atoms with E-state index in [4.69, 9.17) is 16.3 Å². The molecule has 10 nitrogen and oxygen atoms in total. The number of aryl methyl sites for hydroxylation is 2. The molecule has 0 radical (unpaired) electrons. The number of pyridine rings is 1. The molecule has 12 heteroatoms. The van der Waals surface area contributed by atoms with E-state index in [2.05, 4.69) is 15.6 Å². The van der Waals surface area contributed by atoms with Crippen LogP contribution in [0.2, 0.25) is 5.02 Å². The smallest absolute Gasteiger partial charge is 0.328 e. The molecule has 2 N–H and O–H groups in total. The molecule has 0 saturated heterocycles. The number of hydrogen-bond acceptors (Lipinski definition) is 7. The maximum atomic E-state index is 14.1. The molecule has 2 amide bonds. The number of nitrogens with one attached hydrogen (secondary N) is 2. The number of esters is 1. The predicted molar refractivity (Wildman–Crippen MR) is 146 cm³/mol. The van der Waals surface area contributed by atoms with Crippen molar-refractivity contribution in [3.05, 3.63) is 82.6 Å². The number of methoxy groups -OCH3 is 1. The van der Waals surface area contributed by atoms with Crippen LogP contribution in [-0.2, 0) is 35.6 Å². The van der Waals surface area contributed by atoms with Gasteiger partial charge in [0, 0.05) is 23.8 Å². The fraction of sp³-hybridized carbons (Fsp3) is 0.259. The minimum absolute atomic E-state index is 0.0376. The zero-order valence-electron chi connectivity index (χ0n) is 21.5. The molecular weight excluding hydrogens is 544 g/mol. The number of anilines is 2. The summed E-state index contributed by atoms with van der Waals surface area (Å²) in [5.74, 6) is -2.07. The van der Waals surface area contributed by atoms with Gasteiger partial charge in [0.15, 0.2) is 0 Å². The summed E-state index contributed by atoms with van der Waals surface area (Å²) in [7, 11) is -3.14. The molecule has 204 valence electrons. The molecule has 0 fully saturated rings. The maximum absolute atomic E-state index is 14.1. The number of hydrogen-bond donors (Lipinski definition) is 2. The summed E-state index contributed by atoms with van der Waals surface area (Å²) < 4.78 is 34.0. The normalized spacial score (nSPS) is 15.6. The van der Waals surface area contributed by atoms with Crippen molar-refractivity contribution in [2.75, 3.05) is 16.7 Å². The van der Waals surface area contributed by atoms with Crippen molar-refractivity contribution in [3.8, 4) is 0 Å². The lowest BCUT2D eigenvalue weighted by Crippen LogP contribution is -2.54. The number of fused-ring (bicyclic) bond motifs is 1. The number of benzene rings is 2. The molecule has 2 atom stereocenters. The Hall–Kier alpha value is -3.96. The molecule has 2 aromatic carbocycles. The lowest BCUT2D eigenvalue weighted by molar-refractivity contribution is -0.145. The van der Waals surface area contributed by atoms with E-state index >= 15 is 0 Å². The lowest BCUT2D eigenvalue weighted by atomic mass is 10.1. The van der Waals surface area contributed by atoms with Crippen LogP contribution in [0.1, 0.15) is 23.1 Å². The number of halogens is 1. The van der Waals surface area contributed by atoms with Gasteiger partial charge in [-0.3, -0.25) is 18.9 Å². The second-order valence-electron chi connectivity index (χ2n) is 9.10. The Morgan fingerprint density at radius 3 is 2.51 bits per heavy atom. The highest BCUT2D eigenvalue weighted by Gasteiger charge is 2.43. The first-order valence-electron chi connectivity index (χ1n) is 12.0. The van der Waals surface area contributed by atoms with Gasteiger partial charge < -0.3 is 15.4 Å². The average molecular weight is 571 g/mol. The average Bonchev–Trinajstić information content (AvgIpc) is 2.90. The van der Waals surface area contributed by atoms with E-state index in [9.17, 15) is 22.8 Å². The van der Waals surface area contributed by atoms with E-state index in [1.807, 2.05) is 0 Å². The highest BCUT2D eigenvalue weighted by molar-refractivity contribution is 7.93. The van der Waals surface area contributed by atoms with Crippen LogP contribution in [0.15, 0.2) is 65.8 Å². The number of sulfonamides is 1. The Balaban J connectivity index is 1.69. The van der Waals surface area contributed by atoms with Crippen LogP contribution in [-0.4, -0.2) is 50.4 Å². The van der Waals surface area contributed by atoms with Crippen molar-refractivity contribution in [2.24, 2.45) is 0 Å². The summed E-state index contributed by atoms with van der Waals surface area (Å²) in [4.78, 5) is 42.8. The summed E-state index contributed by atoms with van der Waals surface area (Å²) in [5.41, 5.74) is 2.16. The number of ether oxygens (including phenoxy) is 1. The Morgan fingerprint density at radius 1 is 1.13 bits per heavy atom. The van der Waals surface area contributed by atoms with Crippen molar-refractivity contribution >= 4 is 50.8 Å². The molecule has 0 bridgehead atoms. The van der Waals surface area contributed by atoms with E-state index in [1.165, 1.54) is 13.2 Å². The van der Waals surface area contributed by atoms with E-state index < -0.39 is 46.3 Å². The van der Waals surface area contributed by atoms with Gasteiger partial charge >= 0.3 is 5.97 Å². The van der Waals surface area contributed by atoms with Gasteiger partial charge in [-0.25, -0.2) is 13.2 Å². The van der Waals surface area contributed by atoms with Crippen molar-refractivity contribution in [1.29, 1.82) is 0 Å². The Labute approximate surface area is 231 Å². The zero-order valence-corrected chi connectivity index (χ0v) is 23.0. The largest absolute Gasteiger partial charge is 0.467 e. The van der Waals surface area contributed by atoms with E-state index in [0.717, 1.165) is 9.87 Å². The van der Waals surface area contributed by atoms with E-state index in [0.29, 0.717) is 16.1 Å². The molecular formula is C27H27ClN4O6S. The fourth-order valence-corrected chi connectivity index (χ4v) is 6.54. The lowest BCUT2D eigenvalue weighted by Gasteiger charge is -2.37. The monoisotopic (exact) mass is 570 g/mol. The van der Waals surface area contributed by atoms with Crippen LogP contribution in [0.4, 0.5) is 11.4 Å². The molecule has 0 spiro atoms. The third kappa shape index (κ3) is 5.89. The molecule has 3 aromatic rings. The minimum atomic E-state index is -4.34.